The van der Waals surface area contributed by atoms with Crippen LogP contribution in [0.4, 0.5) is 0 Å². The third kappa shape index (κ3) is 3.68. The Kier molecular flexibility index (Phi) is 5.01. The van der Waals surface area contributed by atoms with Crippen molar-refractivity contribution in [1.82, 2.24) is 14.7 Å². The Morgan fingerprint density at radius 2 is 2.04 bits per heavy atom. The van der Waals surface area contributed by atoms with Gasteiger partial charge < -0.3 is 14.7 Å². The van der Waals surface area contributed by atoms with Crippen molar-refractivity contribution < 1.29 is 19.4 Å². The van der Waals surface area contributed by atoms with Gasteiger partial charge in [-0.25, -0.2) is 0 Å². The molecule has 1 amide bonds. The molecule has 2 aliphatic rings. The molecule has 1 fully saturated rings. The molecule has 0 bridgehead atoms. The lowest BCUT2D eigenvalue weighted by Crippen LogP contribution is -2.57. The second-order valence-electron chi connectivity index (χ2n) is 6.34. The Balaban J connectivity index is 1.61. The largest absolute Gasteiger partial charge is 0.492 e. The molecule has 0 radical (unpaired) electrons. The van der Waals surface area contributed by atoms with Crippen LogP contribution < -0.4 is 4.74 Å². The van der Waals surface area contributed by atoms with Gasteiger partial charge in [-0.3, -0.25) is 19.4 Å². The number of amides is 1. The summed E-state index contributed by atoms with van der Waals surface area (Å²) >= 11 is 0. The van der Waals surface area contributed by atoms with Gasteiger partial charge in [0.15, 0.2) is 0 Å². The van der Waals surface area contributed by atoms with Crippen LogP contribution >= 0.6 is 0 Å². The lowest BCUT2D eigenvalue weighted by atomic mass is 10.1. The summed E-state index contributed by atoms with van der Waals surface area (Å²) in [5.41, 5.74) is 1.07. The molecule has 1 aromatic rings. The number of ether oxygens (including phenoxy) is 1. The van der Waals surface area contributed by atoms with Crippen LogP contribution in [0.2, 0.25) is 0 Å². The zero-order chi connectivity index (χ0) is 17.1. The number of carbonyl (C=O) groups is 2. The molecule has 0 aromatic heterocycles. The van der Waals surface area contributed by atoms with Crippen LogP contribution in [0.25, 0.3) is 0 Å². The van der Waals surface area contributed by atoms with Gasteiger partial charge in [-0.15, -0.1) is 0 Å². The predicted molar refractivity (Wildman–Crippen MR) is 87.8 cm³/mol. The monoisotopic (exact) mass is 333 g/mol. The molecule has 1 saturated heterocycles. The normalized spacial score (nSPS) is 22.4. The van der Waals surface area contributed by atoms with E-state index in [1.165, 1.54) is 0 Å². The predicted octanol–water partition coefficient (Wildman–Crippen LogP) is 0.108. The zero-order valence-electron chi connectivity index (χ0n) is 13.9. The molecule has 0 aliphatic carbocycles. The number of carbonyl (C=O) groups excluding carboxylic acids is 1. The molecule has 7 nitrogen and oxygen atoms in total. The van der Waals surface area contributed by atoms with Gasteiger partial charge in [0, 0.05) is 38.3 Å². The maximum atomic E-state index is 12.6. The van der Waals surface area contributed by atoms with E-state index in [9.17, 15) is 14.7 Å². The lowest BCUT2D eigenvalue weighted by Gasteiger charge is -2.37. The number of nitrogens with zero attached hydrogens (tertiary/aromatic N) is 3. The first kappa shape index (κ1) is 16.7. The molecule has 0 spiro atoms. The van der Waals surface area contributed by atoms with Crippen molar-refractivity contribution >= 4 is 11.9 Å². The van der Waals surface area contributed by atoms with E-state index in [0.717, 1.165) is 11.3 Å². The Morgan fingerprint density at radius 3 is 2.83 bits per heavy atom. The number of benzene rings is 1. The number of hydrogen-bond donors (Lipinski definition) is 1. The second-order valence-corrected chi connectivity index (χ2v) is 6.34. The van der Waals surface area contributed by atoms with Gasteiger partial charge in [0.2, 0.25) is 5.91 Å². The van der Waals surface area contributed by atoms with Gasteiger partial charge >= 0.3 is 5.97 Å². The molecule has 1 aromatic carbocycles. The van der Waals surface area contributed by atoms with Gasteiger partial charge in [-0.1, -0.05) is 18.2 Å². The summed E-state index contributed by atoms with van der Waals surface area (Å²) in [6.07, 6.45) is 0. The third-order valence-corrected chi connectivity index (χ3v) is 4.68. The Labute approximate surface area is 141 Å². The molecule has 0 saturated carbocycles. The summed E-state index contributed by atoms with van der Waals surface area (Å²) in [5, 5.41) is 9.27. The van der Waals surface area contributed by atoms with E-state index in [-0.39, 0.29) is 19.0 Å². The van der Waals surface area contributed by atoms with Crippen LogP contribution in [0, 0.1) is 0 Å². The number of para-hydroxylation sites is 1. The van der Waals surface area contributed by atoms with E-state index in [0.29, 0.717) is 32.8 Å². The SMILES string of the molecule is CN1CCN(C(=O)CN2CCOc3ccccc3C2)CC1C(=O)O. The van der Waals surface area contributed by atoms with Crippen molar-refractivity contribution in [2.75, 3.05) is 46.4 Å². The van der Waals surface area contributed by atoms with Crippen LogP contribution in [-0.4, -0.2) is 84.1 Å². The molecule has 1 N–H and O–H groups in total. The van der Waals surface area contributed by atoms with E-state index in [2.05, 4.69) is 4.90 Å². The summed E-state index contributed by atoms with van der Waals surface area (Å²) in [7, 11) is 1.78. The first-order valence-electron chi connectivity index (χ1n) is 8.18. The van der Waals surface area contributed by atoms with Crippen molar-refractivity contribution in [3.63, 3.8) is 0 Å². The standard InChI is InChI=1S/C17H23N3O4/c1-18-6-7-20(11-14(18)17(22)23)16(21)12-19-8-9-24-15-5-3-2-4-13(15)10-19/h2-5,14H,6-12H2,1H3,(H,22,23). The fraction of sp³-hybridized carbons (Fsp3) is 0.529. The molecule has 1 unspecified atom stereocenters. The van der Waals surface area contributed by atoms with E-state index in [4.69, 9.17) is 4.74 Å². The summed E-state index contributed by atoms with van der Waals surface area (Å²) in [6, 6.07) is 7.23. The molecule has 1 atom stereocenters. The smallest absolute Gasteiger partial charge is 0.322 e. The maximum Gasteiger partial charge on any atom is 0.322 e. The summed E-state index contributed by atoms with van der Waals surface area (Å²) in [5.74, 6) is -0.0289. The van der Waals surface area contributed by atoms with Crippen molar-refractivity contribution in [3.8, 4) is 5.75 Å². The van der Waals surface area contributed by atoms with Crippen LogP contribution in [0.15, 0.2) is 24.3 Å². The fourth-order valence-electron chi connectivity index (χ4n) is 3.17. The molecule has 3 rings (SSSR count). The van der Waals surface area contributed by atoms with E-state index >= 15 is 0 Å². The zero-order valence-corrected chi connectivity index (χ0v) is 13.9. The van der Waals surface area contributed by atoms with Crippen LogP contribution in [0.5, 0.6) is 5.75 Å². The number of carboxylic acid groups (broad SMARTS) is 1. The lowest BCUT2D eigenvalue weighted by molar-refractivity contribution is -0.148. The molecular weight excluding hydrogens is 310 g/mol. The van der Waals surface area contributed by atoms with Crippen molar-refractivity contribution in [3.05, 3.63) is 29.8 Å². The number of piperazine rings is 1. The first-order valence-corrected chi connectivity index (χ1v) is 8.18. The van der Waals surface area contributed by atoms with Crippen molar-refractivity contribution in [2.45, 2.75) is 12.6 Å². The maximum absolute atomic E-state index is 12.6. The van der Waals surface area contributed by atoms with E-state index < -0.39 is 12.0 Å². The minimum absolute atomic E-state index is 0.0197. The highest BCUT2D eigenvalue weighted by molar-refractivity contribution is 5.80. The number of hydrogen-bond acceptors (Lipinski definition) is 5. The van der Waals surface area contributed by atoms with Crippen molar-refractivity contribution in [1.29, 1.82) is 0 Å². The summed E-state index contributed by atoms with van der Waals surface area (Å²) in [4.78, 5) is 29.4. The minimum Gasteiger partial charge on any atom is -0.492 e. The van der Waals surface area contributed by atoms with Gasteiger partial charge in [0.1, 0.15) is 18.4 Å². The highest BCUT2D eigenvalue weighted by atomic mass is 16.5. The Bertz CT molecular complexity index is 622. The van der Waals surface area contributed by atoms with Gasteiger partial charge in [-0.2, -0.15) is 0 Å². The summed E-state index contributed by atoms with van der Waals surface area (Å²) < 4.78 is 5.72. The number of likely N-dealkylation sites (N-methyl/N-ethyl adjacent to an activating group) is 1. The number of aliphatic carboxylic acids is 1. The average molecular weight is 333 g/mol. The number of rotatable bonds is 3. The fourth-order valence-corrected chi connectivity index (χ4v) is 3.17. The van der Waals surface area contributed by atoms with Gasteiger partial charge in [0.05, 0.1) is 6.54 Å². The summed E-state index contributed by atoms with van der Waals surface area (Å²) in [6.45, 7) is 3.56. The first-order chi connectivity index (χ1) is 11.5. The highest BCUT2D eigenvalue weighted by Gasteiger charge is 2.32. The molecule has 24 heavy (non-hydrogen) atoms. The molecule has 130 valence electrons. The topological polar surface area (TPSA) is 73.3 Å². The average Bonchev–Trinajstić information content (AvgIpc) is 2.76. The Hall–Kier alpha value is -2.12. The number of fused-ring (bicyclic) bond motifs is 1. The van der Waals surface area contributed by atoms with Crippen LogP contribution in [0.1, 0.15) is 5.56 Å². The second kappa shape index (κ2) is 7.19. The molecule has 2 aliphatic heterocycles. The Morgan fingerprint density at radius 1 is 1.25 bits per heavy atom. The third-order valence-electron chi connectivity index (χ3n) is 4.68. The highest BCUT2D eigenvalue weighted by Crippen LogP contribution is 2.22. The van der Waals surface area contributed by atoms with Gasteiger partial charge in [0.25, 0.3) is 0 Å². The molecule has 7 heteroatoms. The molecular formula is C17H23N3O4. The van der Waals surface area contributed by atoms with Crippen LogP contribution in [-0.2, 0) is 16.1 Å². The van der Waals surface area contributed by atoms with Gasteiger partial charge in [-0.05, 0) is 13.1 Å². The van der Waals surface area contributed by atoms with E-state index in [1.54, 1.807) is 16.8 Å². The molecule has 2 heterocycles. The van der Waals surface area contributed by atoms with E-state index in [1.807, 2.05) is 24.3 Å². The van der Waals surface area contributed by atoms with Crippen LogP contribution in [0.3, 0.4) is 0 Å². The minimum atomic E-state index is -0.882. The number of carboxylic acids is 1. The van der Waals surface area contributed by atoms with Crippen molar-refractivity contribution in [2.24, 2.45) is 0 Å². The quantitative estimate of drug-likeness (QED) is 0.846.